The third-order valence-corrected chi connectivity index (χ3v) is 5.65. The fraction of sp³-hybridized carbons (Fsp3) is 0.240. The van der Waals surface area contributed by atoms with Crippen LogP contribution in [-0.4, -0.2) is 20.8 Å². The van der Waals surface area contributed by atoms with Crippen molar-refractivity contribution in [2.75, 3.05) is 5.32 Å². The zero-order valence-electron chi connectivity index (χ0n) is 19.0. The van der Waals surface area contributed by atoms with Gasteiger partial charge in [0, 0.05) is 16.8 Å². The van der Waals surface area contributed by atoms with Gasteiger partial charge in [-0.1, -0.05) is 41.0 Å². The molecule has 2 aromatic heterocycles. The van der Waals surface area contributed by atoms with Crippen molar-refractivity contribution in [3.8, 4) is 5.75 Å². The summed E-state index contributed by atoms with van der Waals surface area (Å²) in [5, 5.41) is 11.9. The fourth-order valence-electron chi connectivity index (χ4n) is 3.61. The summed E-state index contributed by atoms with van der Waals surface area (Å²) in [6.45, 7) is 8.36. The van der Waals surface area contributed by atoms with Crippen LogP contribution in [0.1, 0.15) is 44.2 Å². The van der Waals surface area contributed by atoms with Gasteiger partial charge < -0.3 is 14.6 Å². The van der Waals surface area contributed by atoms with E-state index in [2.05, 4.69) is 21.6 Å². The molecule has 0 aliphatic heterocycles. The number of amides is 1. The number of aromatic nitrogens is 3. The summed E-state index contributed by atoms with van der Waals surface area (Å²) in [5.41, 5.74) is 4.82. The average Bonchev–Trinajstić information content (AvgIpc) is 3.29. The summed E-state index contributed by atoms with van der Waals surface area (Å²) in [6.07, 6.45) is 0. The Balaban J connectivity index is 1.48. The maximum absolute atomic E-state index is 12.9. The Hall–Kier alpha value is -3.58. The van der Waals surface area contributed by atoms with Gasteiger partial charge in [0.15, 0.2) is 11.5 Å². The van der Waals surface area contributed by atoms with Crippen molar-refractivity contribution >= 4 is 23.3 Å². The molecule has 1 amide bonds. The number of hydrogen-bond acceptors (Lipinski definition) is 5. The highest BCUT2D eigenvalue weighted by atomic mass is 35.5. The van der Waals surface area contributed by atoms with Gasteiger partial charge in [0.1, 0.15) is 18.1 Å². The van der Waals surface area contributed by atoms with E-state index in [1.54, 1.807) is 17.7 Å². The van der Waals surface area contributed by atoms with E-state index < -0.39 is 5.91 Å². The molecule has 4 rings (SSSR count). The van der Waals surface area contributed by atoms with Crippen LogP contribution in [0.4, 0.5) is 5.82 Å². The van der Waals surface area contributed by atoms with E-state index >= 15 is 0 Å². The summed E-state index contributed by atoms with van der Waals surface area (Å²) >= 11 is 6.27. The van der Waals surface area contributed by atoms with Gasteiger partial charge in [0.25, 0.3) is 5.91 Å². The van der Waals surface area contributed by atoms with Crippen LogP contribution in [-0.2, 0) is 13.2 Å². The van der Waals surface area contributed by atoms with Crippen LogP contribution in [0.25, 0.3) is 0 Å². The van der Waals surface area contributed by atoms with Crippen molar-refractivity contribution in [1.29, 1.82) is 0 Å². The van der Waals surface area contributed by atoms with Crippen LogP contribution < -0.4 is 10.1 Å². The molecule has 0 fully saturated rings. The minimum Gasteiger partial charge on any atom is -0.489 e. The molecule has 0 atom stereocenters. The number of ether oxygens (including phenoxy) is 1. The lowest BCUT2D eigenvalue weighted by atomic mass is 10.1. The molecule has 0 aliphatic carbocycles. The van der Waals surface area contributed by atoms with Gasteiger partial charge in [0.05, 0.1) is 12.1 Å². The summed E-state index contributed by atoms with van der Waals surface area (Å²) < 4.78 is 13.0. The number of aryl methyl sites for hydroxylation is 4. The molecule has 7 nitrogen and oxygen atoms in total. The Kier molecular flexibility index (Phi) is 6.51. The van der Waals surface area contributed by atoms with E-state index in [0.717, 1.165) is 28.1 Å². The number of carbonyl (C=O) groups is 1. The number of benzene rings is 2. The summed E-state index contributed by atoms with van der Waals surface area (Å²) in [5.74, 6) is 1.28. The molecule has 33 heavy (non-hydrogen) atoms. The summed E-state index contributed by atoms with van der Waals surface area (Å²) in [4.78, 5) is 12.9. The van der Waals surface area contributed by atoms with Crippen molar-refractivity contribution in [2.45, 2.75) is 40.8 Å². The zero-order chi connectivity index (χ0) is 23.5. The Labute approximate surface area is 197 Å². The van der Waals surface area contributed by atoms with Gasteiger partial charge in [-0.25, -0.2) is 0 Å². The number of hydrogen-bond donors (Lipinski definition) is 1. The lowest BCUT2D eigenvalue weighted by Gasteiger charge is -2.08. The molecule has 0 spiro atoms. The molecular formula is C25H25ClN4O3. The second kappa shape index (κ2) is 9.50. The van der Waals surface area contributed by atoms with Crippen molar-refractivity contribution in [3.05, 3.63) is 93.0 Å². The molecule has 1 N–H and O–H groups in total. The van der Waals surface area contributed by atoms with Crippen LogP contribution >= 0.6 is 11.6 Å². The standard InChI is InChI=1S/C25H25ClN4O3/c1-15-9-16(2)11-20(10-15)32-14-21-18(4)33-29-24(21)25(31)27-23-12-17(3)30(28-23)13-19-7-5-6-8-22(19)26/h5-12H,13-14H2,1-4H3,(H,27,28,31). The lowest BCUT2D eigenvalue weighted by Crippen LogP contribution is -2.16. The van der Waals surface area contributed by atoms with E-state index in [9.17, 15) is 4.79 Å². The molecule has 4 aromatic rings. The Morgan fingerprint density at radius 3 is 2.55 bits per heavy atom. The minimum absolute atomic E-state index is 0.168. The highest BCUT2D eigenvalue weighted by Gasteiger charge is 2.22. The molecule has 0 saturated carbocycles. The molecule has 0 saturated heterocycles. The van der Waals surface area contributed by atoms with Crippen molar-refractivity contribution < 1.29 is 14.1 Å². The average molecular weight is 465 g/mol. The van der Waals surface area contributed by atoms with E-state index in [1.807, 2.05) is 57.2 Å². The smallest absolute Gasteiger partial charge is 0.279 e. The monoisotopic (exact) mass is 464 g/mol. The zero-order valence-corrected chi connectivity index (χ0v) is 19.7. The molecule has 0 radical (unpaired) electrons. The highest BCUT2D eigenvalue weighted by Crippen LogP contribution is 2.22. The van der Waals surface area contributed by atoms with E-state index in [4.69, 9.17) is 20.9 Å². The first-order valence-corrected chi connectivity index (χ1v) is 10.9. The molecule has 170 valence electrons. The number of carbonyl (C=O) groups excluding carboxylic acids is 1. The largest absolute Gasteiger partial charge is 0.489 e. The van der Waals surface area contributed by atoms with E-state index in [1.165, 1.54) is 0 Å². The van der Waals surface area contributed by atoms with Gasteiger partial charge in [0.2, 0.25) is 0 Å². The molecule has 0 bridgehead atoms. The lowest BCUT2D eigenvalue weighted by molar-refractivity contribution is 0.101. The normalized spacial score (nSPS) is 10.9. The summed E-state index contributed by atoms with van der Waals surface area (Å²) in [7, 11) is 0. The summed E-state index contributed by atoms with van der Waals surface area (Å²) in [6, 6.07) is 15.4. The molecule has 0 aliphatic rings. The van der Waals surface area contributed by atoms with Gasteiger partial charge in [-0.15, -0.1) is 0 Å². The highest BCUT2D eigenvalue weighted by molar-refractivity contribution is 6.31. The molecule has 2 aromatic carbocycles. The van der Waals surface area contributed by atoms with E-state index in [-0.39, 0.29) is 12.3 Å². The van der Waals surface area contributed by atoms with Crippen molar-refractivity contribution in [1.82, 2.24) is 14.9 Å². The fourth-order valence-corrected chi connectivity index (χ4v) is 3.80. The first-order valence-electron chi connectivity index (χ1n) is 10.6. The first-order chi connectivity index (χ1) is 15.8. The predicted molar refractivity (Wildman–Crippen MR) is 127 cm³/mol. The Bertz CT molecular complexity index is 1290. The van der Waals surface area contributed by atoms with Crippen LogP contribution in [0.5, 0.6) is 5.75 Å². The molecule has 2 heterocycles. The number of rotatable bonds is 7. The quantitative estimate of drug-likeness (QED) is 0.383. The van der Waals surface area contributed by atoms with Crippen LogP contribution in [0.3, 0.4) is 0 Å². The van der Waals surface area contributed by atoms with Crippen LogP contribution in [0, 0.1) is 27.7 Å². The van der Waals surface area contributed by atoms with Crippen LogP contribution in [0.2, 0.25) is 5.02 Å². The molecule has 0 unspecified atom stereocenters. The second-order valence-electron chi connectivity index (χ2n) is 8.05. The van der Waals surface area contributed by atoms with Gasteiger partial charge in [-0.2, -0.15) is 5.10 Å². The molecule has 8 heteroatoms. The third-order valence-electron chi connectivity index (χ3n) is 5.28. The third kappa shape index (κ3) is 5.26. The van der Waals surface area contributed by atoms with Gasteiger partial charge in [-0.3, -0.25) is 9.48 Å². The first kappa shape index (κ1) is 22.6. The second-order valence-corrected chi connectivity index (χ2v) is 8.46. The van der Waals surface area contributed by atoms with Gasteiger partial charge >= 0.3 is 0 Å². The van der Waals surface area contributed by atoms with E-state index in [0.29, 0.717) is 28.7 Å². The maximum atomic E-state index is 12.9. The number of nitrogens with zero attached hydrogens (tertiary/aromatic N) is 3. The maximum Gasteiger partial charge on any atom is 0.279 e. The topological polar surface area (TPSA) is 82.2 Å². The van der Waals surface area contributed by atoms with Crippen LogP contribution in [0.15, 0.2) is 53.1 Å². The number of anilines is 1. The Morgan fingerprint density at radius 1 is 1.09 bits per heavy atom. The predicted octanol–water partition coefficient (Wildman–Crippen LogP) is 5.64. The SMILES string of the molecule is Cc1cc(C)cc(OCc2c(C(=O)Nc3cc(C)n(Cc4ccccc4Cl)n3)noc2C)c1. The number of nitrogens with one attached hydrogen (secondary N) is 1. The van der Waals surface area contributed by atoms with Gasteiger partial charge in [-0.05, 0) is 62.6 Å². The Morgan fingerprint density at radius 2 is 1.82 bits per heavy atom. The van der Waals surface area contributed by atoms with Crippen molar-refractivity contribution in [2.24, 2.45) is 0 Å². The minimum atomic E-state index is -0.409. The molecular weight excluding hydrogens is 440 g/mol. The van der Waals surface area contributed by atoms with Crippen molar-refractivity contribution in [3.63, 3.8) is 0 Å². The number of halogens is 1.